The number of carbonyl (C=O) groups is 6. The Morgan fingerprint density at radius 3 is 1.96 bits per heavy atom. The molecule has 4 aromatic rings. The summed E-state index contributed by atoms with van der Waals surface area (Å²) < 4.78 is 88.0. The van der Waals surface area contributed by atoms with Crippen molar-refractivity contribution in [1.82, 2.24) is 40.1 Å². The van der Waals surface area contributed by atoms with E-state index in [2.05, 4.69) is 25.7 Å². The van der Waals surface area contributed by atoms with E-state index in [1.807, 2.05) is 79.9 Å². The second-order valence-electron chi connectivity index (χ2n) is 33.8. The van der Waals surface area contributed by atoms with Crippen LogP contribution in [0.5, 0.6) is 5.75 Å². The van der Waals surface area contributed by atoms with Crippen molar-refractivity contribution in [1.29, 1.82) is 0 Å². The summed E-state index contributed by atoms with van der Waals surface area (Å²) in [6, 6.07) is 6.04. The van der Waals surface area contributed by atoms with Gasteiger partial charge in [-0.2, -0.15) is 5.10 Å². The molecule has 9 rings (SSSR count). The van der Waals surface area contributed by atoms with Crippen molar-refractivity contribution in [2.24, 2.45) is 35.3 Å². The first-order chi connectivity index (χ1) is 61.0. The van der Waals surface area contributed by atoms with E-state index >= 15 is 0 Å². The number of aliphatic hydroxyl groups is 3. The van der Waals surface area contributed by atoms with E-state index in [0.29, 0.717) is 225 Å². The number of aromatic nitrogens is 5. The molecule has 0 unspecified atom stereocenters. The topological polar surface area (TPSA) is 440 Å². The third-order valence-corrected chi connectivity index (χ3v) is 24.3. The first-order valence-electron chi connectivity index (χ1n) is 45.4. The van der Waals surface area contributed by atoms with Crippen LogP contribution in [0.4, 0.5) is 10.6 Å². The summed E-state index contributed by atoms with van der Waals surface area (Å²) in [5.41, 5.74) is 17.8. The molecule has 704 valence electrons. The molecule has 2 bridgehead atoms. The Hall–Kier alpha value is -7.59. The number of cyclic esters (lactones) is 1. The Kier molecular flexibility index (Phi) is 44.4. The number of rotatable bonds is 43. The largest absolute Gasteiger partial charge is 0.495 e. The van der Waals surface area contributed by atoms with Crippen LogP contribution < -0.4 is 26.8 Å². The third-order valence-electron chi connectivity index (χ3n) is 24.3. The number of imidazole rings is 1. The van der Waals surface area contributed by atoms with Crippen LogP contribution in [0.1, 0.15) is 168 Å². The molecule has 2 amide bonds. The van der Waals surface area contributed by atoms with Crippen LogP contribution in [-0.2, 0) is 90.3 Å². The molecule has 6 heterocycles. The number of piperidine rings is 1. The number of nitrogens with zero attached hydrogens (tertiary/aromatic N) is 5. The number of ether oxygens (including phenoxy) is 15. The zero-order valence-corrected chi connectivity index (χ0v) is 75.3. The summed E-state index contributed by atoms with van der Waals surface area (Å²) in [4.78, 5) is 97.0. The summed E-state index contributed by atoms with van der Waals surface area (Å²) in [7, 11) is 4.77. The van der Waals surface area contributed by atoms with Gasteiger partial charge in [0.15, 0.2) is 11.6 Å². The quantitative estimate of drug-likeness (QED) is 0.00892. The van der Waals surface area contributed by atoms with Gasteiger partial charge in [-0.1, -0.05) is 69.4 Å². The lowest BCUT2D eigenvalue weighted by molar-refractivity contribution is -0.245. The molecule has 10 N–H and O–H groups in total. The fourth-order valence-electron chi connectivity index (χ4n) is 17.2. The van der Waals surface area contributed by atoms with Crippen LogP contribution in [0.15, 0.2) is 78.2 Å². The molecule has 3 aliphatic heterocycles. The molecule has 0 radical (unpaired) electrons. The normalized spacial score (nSPS) is 27.9. The second-order valence-corrected chi connectivity index (χ2v) is 33.8. The van der Waals surface area contributed by atoms with Gasteiger partial charge in [-0.25, -0.2) is 24.1 Å². The van der Waals surface area contributed by atoms with E-state index < -0.39 is 96.1 Å². The van der Waals surface area contributed by atoms with Crippen molar-refractivity contribution in [3.05, 3.63) is 84.0 Å². The van der Waals surface area contributed by atoms with Gasteiger partial charge in [-0.15, -0.1) is 0 Å². The first-order valence-corrected chi connectivity index (χ1v) is 45.4. The number of fused-ring (bicyclic) bond motifs is 5. The zero-order valence-electron chi connectivity index (χ0n) is 75.3. The maximum Gasteiger partial charge on any atom is 0.407 e. The van der Waals surface area contributed by atoms with Gasteiger partial charge >= 0.3 is 12.1 Å². The Morgan fingerprint density at radius 2 is 1.33 bits per heavy atom. The summed E-state index contributed by atoms with van der Waals surface area (Å²) in [5.74, 6) is -4.34. The van der Waals surface area contributed by atoms with Crippen molar-refractivity contribution >= 4 is 57.6 Å². The van der Waals surface area contributed by atoms with Gasteiger partial charge in [0.25, 0.3) is 11.7 Å². The van der Waals surface area contributed by atoms with E-state index in [4.69, 9.17) is 87.5 Å². The molecule has 4 fully saturated rings. The number of Topliss-reactive ketones (excluding diaryl/α,β-unsaturated/α-hetero) is 3. The number of ketones is 3. The lowest BCUT2D eigenvalue weighted by Gasteiger charge is -2.40. The number of anilines is 1. The lowest BCUT2D eigenvalue weighted by Crippen LogP contribution is -2.58. The fraction of sp³-hybridized carbons (Fsp3) is 0.707. The molecule has 126 heavy (non-hydrogen) atoms. The van der Waals surface area contributed by atoms with Gasteiger partial charge in [0.05, 0.1) is 156 Å². The fourth-order valence-corrected chi connectivity index (χ4v) is 17.2. The van der Waals surface area contributed by atoms with E-state index in [-0.39, 0.29) is 74.3 Å². The standard InChI is InChI=1S/C92H142N10O24/c1-61-16-10-9-11-17-63(3)78(113-7)59-70-19-15-31-92(111,126-70)86(107)89(108)101-35-13-12-20-73(101)90(109)124-75(28-22-62(2)55-65(5)84(105)85(106)83(104)64(4)54-61)71(93)56-66-23-29-76(79(57-66)114-8)125-91(110)96-34-37-116-39-41-118-43-45-120-47-49-122-51-53-123-52-50-121-48-46-119-44-42-117-40-38-115-36-33-95-32-30-74(103)67-24-26-68(27-25-67)88-100-81(82-87(94)97-60-98-102(82)88)72-58-69-18-14-21-77(112-6)80(69)99-72/h9-11,14,16-18,21,55,58,60-62,64,66-68,70-71,73,75-76,78-79,84-85,95,99,105-106,111H,12-13,15,19-20,22-54,56-57,59,93H2,1-8H3,(H,96,110)(H2,94,97,98)/b11-9+,16-10+,63-17+,65-55+/t61-,62+,64-,66+,67?,68?,70+,71-,73+,75+,76-,78+,79-,84-,85+,92-/m1/s1. The van der Waals surface area contributed by atoms with Crippen molar-refractivity contribution < 1.29 is 115 Å². The number of methoxy groups -OCH3 is 3. The minimum Gasteiger partial charge on any atom is -0.495 e. The van der Waals surface area contributed by atoms with Gasteiger partial charge < -0.3 is 118 Å². The van der Waals surface area contributed by atoms with Crippen LogP contribution in [0.25, 0.3) is 27.8 Å². The summed E-state index contributed by atoms with van der Waals surface area (Å²) in [6.45, 7) is 18.0. The number of amides is 2. The summed E-state index contributed by atoms with van der Waals surface area (Å²) in [5, 5.41) is 46.0. The zero-order chi connectivity index (χ0) is 90.2. The molecule has 14 atom stereocenters. The Morgan fingerprint density at radius 1 is 0.683 bits per heavy atom. The molecule has 2 saturated heterocycles. The van der Waals surface area contributed by atoms with Gasteiger partial charge in [0.1, 0.15) is 65.4 Å². The number of nitrogens with one attached hydrogen (secondary N) is 3. The first kappa shape index (κ1) is 102. The van der Waals surface area contributed by atoms with E-state index in [1.165, 1.54) is 11.2 Å². The second kappa shape index (κ2) is 54.8. The number of allylic oxidation sites excluding steroid dienone is 6. The molecule has 1 aromatic carbocycles. The highest BCUT2D eigenvalue weighted by molar-refractivity contribution is 6.39. The maximum atomic E-state index is 14.6. The number of nitrogen functional groups attached to an aromatic ring is 1. The Labute approximate surface area is 741 Å². The number of benzene rings is 1. The highest BCUT2D eigenvalue weighted by atomic mass is 16.6. The van der Waals surface area contributed by atoms with Crippen molar-refractivity contribution in [2.45, 2.75) is 223 Å². The summed E-state index contributed by atoms with van der Waals surface area (Å²) >= 11 is 0. The van der Waals surface area contributed by atoms with E-state index in [9.17, 15) is 44.1 Å². The van der Waals surface area contributed by atoms with Crippen molar-refractivity contribution in [3.8, 4) is 17.1 Å². The molecular weight excluding hydrogens is 1630 g/mol. The number of nitrogens with two attached hydrogens (primary N) is 2. The van der Waals surface area contributed by atoms with Gasteiger partial charge in [-0.05, 0) is 158 Å². The number of alkyl carbamates (subject to hydrolysis) is 1. The SMILES string of the molecule is COc1cccc2cc(-c3nc(C4CCC(C(=O)CCNCCOCCOCCOCCOCCOCCOCCOCCOCCOCCNC(=O)O[C@@H]5CC[C@@H](C[C@@H](N)[C@@H]6CC[C@H](C)/C=C(\C)[C@@H](O)[C@@H](O)C(=O)[C@H](C)C[C@H](C)/C=C/C=C/C=C(\C)[C@@H](OC)C[C@@H]7CCC[C@@](O)(O7)C(=O)C(=O)N7CCCC[C@H]7C(=O)O6)C[C@H]5OC)CC4)n4ncnc(N)c34)[nH]c12. The molecule has 0 spiro atoms. The van der Waals surface area contributed by atoms with Crippen LogP contribution in [0.3, 0.4) is 0 Å². The number of para-hydroxylation sites is 1. The number of H-pyrrole nitrogens is 1. The molecular formula is C92H142N10O24. The van der Waals surface area contributed by atoms with Crippen LogP contribution >= 0.6 is 0 Å². The third kappa shape index (κ3) is 32.2. The monoisotopic (exact) mass is 1770 g/mol. The minimum atomic E-state index is -2.42. The maximum absolute atomic E-state index is 14.6. The number of aliphatic hydroxyl groups excluding tert-OH is 2. The number of hydrogen-bond acceptors (Lipinski definition) is 30. The predicted molar refractivity (Wildman–Crippen MR) is 470 cm³/mol. The molecule has 34 heteroatoms. The molecule has 34 nitrogen and oxygen atoms in total. The Bertz CT molecular complexity index is 4090. The lowest BCUT2D eigenvalue weighted by atomic mass is 9.79. The molecule has 2 aliphatic carbocycles. The minimum absolute atomic E-state index is 0.0203. The van der Waals surface area contributed by atoms with Gasteiger partial charge in [0.2, 0.25) is 5.79 Å². The number of esters is 1. The van der Waals surface area contributed by atoms with Gasteiger partial charge in [-0.3, -0.25) is 19.2 Å². The number of hydrogen-bond donors (Lipinski definition) is 8. The number of carbonyl (C=O) groups excluding carboxylic acids is 6. The van der Waals surface area contributed by atoms with E-state index in [0.717, 1.165) is 59.4 Å². The van der Waals surface area contributed by atoms with Gasteiger partial charge in [0, 0.05) is 88.8 Å². The molecule has 5 aliphatic rings. The average Bonchev–Trinajstić information content (AvgIpc) is 1.60. The van der Waals surface area contributed by atoms with Crippen LogP contribution in [0, 0.1) is 29.6 Å². The number of aromatic amines is 1. The van der Waals surface area contributed by atoms with Crippen LogP contribution in [0.2, 0.25) is 0 Å². The van der Waals surface area contributed by atoms with E-state index in [1.54, 1.807) is 41.3 Å². The average molecular weight is 1770 g/mol. The highest BCUT2D eigenvalue weighted by Crippen LogP contribution is 2.41. The summed E-state index contributed by atoms with van der Waals surface area (Å²) in [6.07, 6.45) is 15.1. The van der Waals surface area contributed by atoms with Crippen LogP contribution in [-0.4, -0.2) is 307 Å². The van der Waals surface area contributed by atoms with Crippen molar-refractivity contribution in [2.75, 3.05) is 172 Å². The predicted octanol–water partition coefficient (Wildman–Crippen LogP) is 8.38. The highest BCUT2D eigenvalue weighted by Gasteiger charge is 2.50. The molecule has 2 saturated carbocycles. The smallest absolute Gasteiger partial charge is 0.407 e. The van der Waals surface area contributed by atoms with Crippen molar-refractivity contribution in [3.63, 3.8) is 0 Å². The Balaban J connectivity index is 0.557. The molecule has 3 aromatic heterocycles.